The first-order valence-corrected chi connectivity index (χ1v) is 18.1. The van der Waals surface area contributed by atoms with Gasteiger partial charge in [-0.05, 0) is 69.1 Å². The summed E-state index contributed by atoms with van der Waals surface area (Å²) in [5.41, 5.74) is 16.0. The molecular formula is C50H38N2O. The Bertz CT molecular complexity index is 2760. The molecule has 3 nitrogen and oxygen atoms in total. The smallest absolute Gasteiger partial charge is 0.160 e. The summed E-state index contributed by atoms with van der Waals surface area (Å²) in [6.45, 7) is 11.0. The molecule has 0 atom stereocenters. The van der Waals surface area contributed by atoms with Crippen LogP contribution in [0.5, 0.6) is 0 Å². The zero-order valence-electron chi connectivity index (χ0n) is 30.1. The highest BCUT2D eigenvalue weighted by molar-refractivity contribution is 6.14. The first kappa shape index (κ1) is 32.3. The first-order valence-electron chi connectivity index (χ1n) is 18.1. The fourth-order valence-corrected chi connectivity index (χ4v) is 7.88. The average Bonchev–Trinajstić information content (AvgIpc) is 3.70. The molecule has 0 amide bonds. The molecule has 0 N–H and O–H groups in total. The van der Waals surface area contributed by atoms with Crippen LogP contribution >= 0.6 is 0 Å². The van der Waals surface area contributed by atoms with E-state index in [-0.39, 0.29) is 5.41 Å². The van der Waals surface area contributed by atoms with Crippen LogP contribution in [0, 0.1) is 0 Å². The van der Waals surface area contributed by atoms with Crippen LogP contribution in [0.15, 0.2) is 185 Å². The van der Waals surface area contributed by atoms with E-state index >= 15 is 0 Å². The highest BCUT2D eigenvalue weighted by Crippen LogP contribution is 2.52. The Morgan fingerprint density at radius 2 is 1.17 bits per heavy atom. The van der Waals surface area contributed by atoms with Crippen LogP contribution in [0.2, 0.25) is 0 Å². The molecule has 8 aromatic rings. The van der Waals surface area contributed by atoms with Gasteiger partial charge in [-0.1, -0.05) is 172 Å². The molecule has 7 aromatic carbocycles. The topological polar surface area (TPSA) is 37.9 Å². The zero-order valence-corrected chi connectivity index (χ0v) is 30.1. The minimum atomic E-state index is -0.0580. The van der Waals surface area contributed by atoms with E-state index in [1.54, 1.807) is 0 Å². The van der Waals surface area contributed by atoms with Gasteiger partial charge < -0.3 is 4.42 Å². The molecule has 0 bridgehead atoms. The van der Waals surface area contributed by atoms with Gasteiger partial charge in [-0.2, -0.15) is 0 Å². The fourth-order valence-electron chi connectivity index (χ4n) is 7.88. The number of para-hydroxylation sites is 2. The second-order valence-corrected chi connectivity index (χ2v) is 14.3. The minimum Gasteiger partial charge on any atom is -0.455 e. The molecule has 0 saturated heterocycles. The van der Waals surface area contributed by atoms with Crippen LogP contribution in [-0.4, -0.2) is 11.5 Å². The maximum Gasteiger partial charge on any atom is 0.160 e. The second kappa shape index (κ2) is 12.9. The summed E-state index contributed by atoms with van der Waals surface area (Å²) >= 11 is 0. The standard InChI is InChI=1S/C50H38N2O/c1-32(34-15-6-5-7-16-34)51-49(36-29-27-35(28-30-36)40-22-13-23-42-41-19-9-11-26-46(41)53-48(40)42)52-33(2)37-17-12-18-38(31-37)39-21-14-25-45-47(39)43-20-8-10-24-44(43)50(45,3)4/h5-31H,1H2,2-4H3. The number of rotatable bonds is 6. The molecule has 1 aliphatic carbocycles. The lowest BCUT2D eigenvalue weighted by molar-refractivity contribution is 0.660. The number of hydrogen-bond acceptors (Lipinski definition) is 2. The van der Waals surface area contributed by atoms with Gasteiger partial charge in [-0.15, -0.1) is 0 Å². The third kappa shape index (κ3) is 5.62. The van der Waals surface area contributed by atoms with Gasteiger partial charge in [0.1, 0.15) is 11.2 Å². The molecule has 0 unspecified atom stereocenters. The van der Waals surface area contributed by atoms with Crippen LogP contribution in [0.3, 0.4) is 0 Å². The van der Waals surface area contributed by atoms with Crippen molar-refractivity contribution in [3.63, 3.8) is 0 Å². The molecule has 0 spiro atoms. The maximum atomic E-state index is 6.36. The van der Waals surface area contributed by atoms with Crippen molar-refractivity contribution in [2.75, 3.05) is 0 Å². The third-order valence-electron chi connectivity index (χ3n) is 10.7. The fraction of sp³-hybridized carbons (Fsp3) is 0.0800. The molecule has 53 heavy (non-hydrogen) atoms. The predicted octanol–water partition coefficient (Wildman–Crippen LogP) is 13.2. The van der Waals surface area contributed by atoms with E-state index in [0.717, 1.165) is 61.0 Å². The normalized spacial score (nSPS) is 13.6. The molecule has 0 radical (unpaired) electrons. The lowest BCUT2D eigenvalue weighted by atomic mass is 9.82. The number of furan rings is 1. The van der Waals surface area contributed by atoms with Gasteiger partial charge >= 0.3 is 0 Å². The summed E-state index contributed by atoms with van der Waals surface area (Å²) in [4.78, 5) is 10.3. The highest BCUT2D eigenvalue weighted by atomic mass is 16.3. The van der Waals surface area contributed by atoms with Gasteiger partial charge in [0.2, 0.25) is 0 Å². The monoisotopic (exact) mass is 682 g/mol. The van der Waals surface area contributed by atoms with E-state index in [9.17, 15) is 0 Å². The molecule has 3 heteroatoms. The van der Waals surface area contributed by atoms with Gasteiger partial charge in [-0.25, -0.2) is 9.98 Å². The Morgan fingerprint density at radius 1 is 0.528 bits per heavy atom. The Balaban J connectivity index is 1.11. The van der Waals surface area contributed by atoms with E-state index in [4.69, 9.17) is 14.4 Å². The average molecular weight is 683 g/mol. The molecule has 1 aromatic heterocycles. The Kier molecular flexibility index (Phi) is 7.86. The summed E-state index contributed by atoms with van der Waals surface area (Å²) in [6.07, 6.45) is 0. The van der Waals surface area contributed by atoms with Gasteiger partial charge in [0.25, 0.3) is 0 Å². The van der Waals surface area contributed by atoms with Gasteiger partial charge in [-0.3, -0.25) is 0 Å². The number of fused-ring (bicyclic) bond motifs is 6. The summed E-state index contributed by atoms with van der Waals surface area (Å²) in [5, 5.41) is 2.23. The van der Waals surface area contributed by atoms with E-state index in [0.29, 0.717) is 11.5 Å². The Morgan fingerprint density at radius 3 is 2.02 bits per heavy atom. The van der Waals surface area contributed by atoms with Gasteiger partial charge in [0.05, 0.1) is 5.70 Å². The highest BCUT2D eigenvalue weighted by Gasteiger charge is 2.36. The molecule has 1 aliphatic rings. The van der Waals surface area contributed by atoms with Crippen molar-refractivity contribution in [2.24, 2.45) is 9.98 Å². The number of nitrogens with zero attached hydrogens (tertiary/aromatic N) is 2. The van der Waals surface area contributed by atoms with Crippen molar-refractivity contribution in [1.29, 1.82) is 0 Å². The zero-order chi connectivity index (χ0) is 36.1. The van der Waals surface area contributed by atoms with Crippen LogP contribution in [0.4, 0.5) is 0 Å². The number of aliphatic imine (C=N–C) groups is 2. The molecule has 0 fully saturated rings. The van der Waals surface area contributed by atoms with Crippen molar-refractivity contribution in [2.45, 2.75) is 26.2 Å². The first-order chi connectivity index (χ1) is 25.9. The molecule has 0 saturated carbocycles. The Hall–Kier alpha value is -6.58. The quantitative estimate of drug-likeness (QED) is 0.127. The third-order valence-corrected chi connectivity index (χ3v) is 10.7. The molecule has 1 heterocycles. The van der Waals surface area contributed by atoms with Crippen LogP contribution in [0.1, 0.15) is 48.6 Å². The number of benzene rings is 7. The van der Waals surface area contributed by atoms with E-state index in [2.05, 4.69) is 149 Å². The van der Waals surface area contributed by atoms with Gasteiger partial charge in [0, 0.05) is 33.0 Å². The van der Waals surface area contributed by atoms with E-state index in [1.807, 2.05) is 42.5 Å². The lowest BCUT2D eigenvalue weighted by Crippen LogP contribution is -2.14. The van der Waals surface area contributed by atoms with E-state index in [1.165, 1.54) is 27.8 Å². The van der Waals surface area contributed by atoms with Crippen molar-refractivity contribution in [3.05, 3.63) is 198 Å². The van der Waals surface area contributed by atoms with Crippen molar-refractivity contribution < 1.29 is 4.42 Å². The van der Waals surface area contributed by atoms with Crippen molar-refractivity contribution in [3.8, 4) is 33.4 Å². The summed E-state index contributed by atoms with van der Waals surface area (Å²) in [5.74, 6) is 0.603. The van der Waals surface area contributed by atoms with Crippen LogP contribution < -0.4 is 0 Å². The lowest BCUT2D eigenvalue weighted by Gasteiger charge is -2.21. The molecule has 0 aliphatic heterocycles. The summed E-state index contributed by atoms with van der Waals surface area (Å²) < 4.78 is 6.36. The minimum absolute atomic E-state index is 0.0580. The Labute approximate surface area is 310 Å². The van der Waals surface area contributed by atoms with Gasteiger partial charge in [0.15, 0.2) is 5.84 Å². The number of amidine groups is 1. The number of hydrogen-bond donors (Lipinski definition) is 0. The van der Waals surface area contributed by atoms with Crippen LogP contribution in [0.25, 0.3) is 61.0 Å². The van der Waals surface area contributed by atoms with Crippen molar-refractivity contribution in [1.82, 2.24) is 0 Å². The molecule has 9 rings (SSSR count). The predicted molar refractivity (Wildman–Crippen MR) is 223 cm³/mol. The SMILES string of the molecule is C=C(N=C(N=C(C)c1cccc(-c2cccc3c2-c2ccccc2C3(C)C)c1)c1ccc(-c2cccc3c2oc2ccccc23)cc1)c1ccccc1. The van der Waals surface area contributed by atoms with Crippen LogP contribution in [-0.2, 0) is 5.41 Å². The summed E-state index contributed by atoms with van der Waals surface area (Å²) in [6, 6.07) is 57.2. The second-order valence-electron chi connectivity index (χ2n) is 14.3. The molecular weight excluding hydrogens is 645 g/mol. The summed E-state index contributed by atoms with van der Waals surface area (Å²) in [7, 11) is 0. The maximum absolute atomic E-state index is 6.36. The largest absolute Gasteiger partial charge is 0.455 e. The van der Waals surface area contributed by atoms with Crippen molar-refractivity contribution >= 4 is 39.2 Å². The van der Waals surface area contributed by atoms with E-state index < -0.39 is 0 Å². The molecule has 254 valence electrons.